The summed E-state index contributed by atoms with van der Waals surface area (Å²) in [6.45, 7) is 3.24. The molecule has 0 aliphatic heterocycles. The van der Waals surface area contributed by atoms with E-state index >= 15 is 0 Å². The molecule has 19 heavy (non-hydrogen) atoms. The fourth-order valence-corrected chi connectivity index (χ4v) is 1.59. The van der Waals surface area contributed by atoms with Crippen molar-refractivity contribution in [2.75, 3.05) is 23.9 Å². The van der Waals surface area contributed by atoms with Gasteiger partial charge in [-0.3, -0.25) is 0 Å². The Balaban J connectivity index is 1.77. The topological polar surface area (TPSA) is 85.1 Å². The Bertz CT molecular complexity index is 532. The van der Waals surface area contributed by atoms with Gasteiger partial charge >= 0.3 is 0 Å². The third-order valence-electron chi connectivity index (χ3n) is 2.48. The van der Waals surface area contributed by atoms with Crippen LogP contribution in [0.2, 0.25) is 0 Å². The van der Waals surface area contributed by atoms with Crippen LogP contribution in [-0.2, 0) is 0 Å². The maximum Gasteiger partial charge on any atom is 0.145 e. The Hall–Kier alpha value is -2.34. The average molecular weight is 259 g/mol. The van der Waals surface area contributed by atoms with Crippen molar-refractivity contribution in [1.29, 1.82) is 0 Å². The Kier molecular flexibility index (Phi) is 4.52. The lowest BCUT2D eigenvalue weighted by Crippen LogP contribution is -2.14. The number of aromatic nitrogens is 2. The van der Waals surface area contributed by atoms with E-state index in [4.69, 9.17) is 10.6 Å². The summed E-state index contributed by atoms with van der Waals surface area (Å²) in [5, 5.41) is 3.13. The second-order valence-corrected chi connectivity index (χ2v) is 4.02. The molecule has 6 nitrogen and oxygen atoms in total. The molecule has 6 heteroatoms. The molecule has 0 amide bonds. The van der Waals surface area contributed by atoms with Crippen molar-refractivity contribution in [2.24, 2.45) is 5.84 Å². The molecule has 0 saturated carbocycles. The van der Waals surface area contributed by atoms with Gasteiger partial charge in [0.05, 0.1) is 6.54 Å². The molecule has 100 valence electrons. The number of nitrogen functional groups attached to an aromatic ring is 1. The molecule has 4 N–H and O–H groups in total. The van der Waals surface area contributed by atoms with E-state index in [0.29, 0.717) is 24.8 Å². The lowest BCUT2D eigenvalue weighted by molar-refractivity contribution is 0.332. The molecule has 0 aliphatic rings. The molecule has 0 atom stereocenters. The highest BCUT2D eigenvalue weighted by molar-refractivity contribution is 5.45. The number of anilines is 2. The molecule has 1 aromatic carbocycles. The summed E-state index contributed by atoms with van der Waals surface area (Å²) in [6.07, 6.45) is 1.44. The quantitative estimate of drug-likeness (QED) is 0.415. The highest BCUT2D eigenvalue weighted by Gasteiger charge is 1.97. The highest BCUT2D eigenvalue weighted by Crippen LogP contribution is 2.12. The fraction of sp³-hybridized carbons (Fsp3) is 0.231. The van der Waals surface area contributed by atoms with Crippen LogP contribution in [0.1, 0.15) is 5.56 Å². The number of rotatable bonds is 6. The predicted molar refractivity (Wildman–Crippen MR) is 75.0 cm³/mol. The molecule has 0 bridgehead atoms. The molecule has 1 heterocycles. The SMILES string of the molecule is Cc1cccc(OCCNc2cc(NN)ncn2)c1. The van der Waals surface area contributed by atoms with Gasteiger partial charge in [-0.15, -0.1) is 0 Å². The molecule has 0 radical (unpaired) electrons. The molecule has 1 aromatic heterocycles. The third-order valence-corrected chi connectivity index (χ3v) is 2.48. The van der Waals surface area contributed by atoms with Crippen LogP contribution >= 0.6 is 0 Å². The van der Waals surface area contributed by atoms with Gasteiger partial charge in [-0.1, -0.05) is 12.1 Å². The normalized spacial score (nSPS) is 10.0. The summed E-state index contributed by atoms with van der Waals surface area (Å²) in [5.41, 5.74) is 3.65. The van der Waals surface area contributed by atoms with Crippen LogP contribution in [0.25, 0.3) is 0 Å². The van der Waals surface area contributed by atoms with E-state index in [0.717, 1.165) is 5.75 Å². The van der Waals surface area contributed by atoms with E-state index in [1.807, 2.05) is 31.2 Å². The lowest BCUT2D eigenvalue weighted by atomic mass is 10.2. The van der Waals surface area contributed by atoms with E-state index < -0.39 is 0 Å². The Morgan fingerprint density at radius 1 is 1.21 bits per heavy atom. The number of hydrogen-bond acceptors (Lipinski definition) is 6. The minimum Gasteiger partial charge on any atom is -0.492 e. The Labute approximate surface area is 112 Å². The van der Waals surface area contributed by atoms with Crippen molar-refractivity contribution in [3.63, 3.8) is 0 Å². The van der Waals surface area contributed by atoms with Crippen LogP contribution in [0.15, 0.2) is 36.7 Å². The zero-order valence-corrected chi connectivity index (χ0v) is 10.8. The smallest absolute Gasteiger partial charge is 0.145 e. The number of hydrogen-bond donors (Lipinski definition) is 3. The van der Waals surface area contributed by atoms with Crippen LogP contribution in [0.3, 0.4) is 0 Å². The number of nitrogens with one attached hydrogen (secondary N) is 2. The summed E-state index contributed by atoms with van der Waals surface area (Å²) >= 11 is 0. The molecular weight excluding hydrogens is 242 g/mol. The monoisotopic (exact) mass is 259 g/mol. The largest absolute Gasteiger partial charge is 0.492 e. The first-order chi connectivity index (χ1) is 9.28. The van der Waals surface area contributed by atoms with Gasteiger partial charge in [0.15, 0.2) is 0 Å². The predicted octanol–water partition coefficient (Wildman–Crippen LogP) is 1.56. The number of benzene rings is 1. The first-order valence-corrected chi connectivity index (χ1v) is 6.00. The maximum absolute atomic E-state index is 5.62. The van der Waals surface area contributed by atoms with E-state index in [1.165, 1.54) is 11.9 Å². The van der Waals surface area contributed by atoms with Crippen LogP contribution in [-0.4, -0.2) is 23.1 Å². The Morgan fingerprint density at radius 3 is 2.84 bits per heavy atom. The molecule has 0 unspecified atom stereocenters. The van der Waals surface area contributed by atoms with E-state index in [1.54, 1.807) is 6.07 Å². The minimum atomic E-state index is 0.554. The number of nitrogens with two attached hydrogens (primary N) is 1. The number of aryl methyl sites for hydroxylation is 1. The van der Waals surface area contributed by atoms with Crippen molar-refractivity contribution in [2.45, 2.75) is 6.92 Å². The Morgan fingerprint density at radius 2 is 2.05 bits per heavy atom. The molecule has 0 fully saturated rings. The molecule has 0 saturated heterocycles. The van der Waals surface area contributed by atoms with Crippen molar-refractivity contribution < 1.29 is 4.74 Å². The number of hydrazine groups is 1. The van der Waals surface area contributed by atoms with Crippen LogP contribution < -0.4 is 21.3 Å². The van der Waals surface area contributed by atoms with Crippen molar-refractivity contribution in [3.05, 3.63) is 42.2 Å². The summed E-state index contributed by atoms with van der Waals surface area (Å²) in [6, 6.07) is 9.68. The average Bonchev–Trinajstić information content (AvgIpc) is 2.44. The first-order valence-electron chi connectivity index (χ1n) is 6.00. The van der Waals surface area contributed by atoms with Gasteiger partial charge in [-0.25, -0.2) is 15.8 Å². The van der Waals surface area contributed by atoms with Crippen molar-refractivity contribution >= 4 is 11.6 Å². The molecule has 0 spiro atoms. The second kappa shape index (κ2) is 6.55. The summed E-state index contributed by atoms with van der Waals surface area (Å²) in [4.78, 5) is 8.00. The summed E-state index contributed by atoms with van der Waals surface area (Å²) in [7, 11) is 0. The molecule has 0 aliphatic carbocycles. The summed E-state index contributed by atoms with van der Waals surface area (Å²) < 4.78 is 5.62. The number of nitrogens with zero attached hydrogens (tertiary/aromatic N) is 2. The van der Waals surface area contributed by atoms with E-state index in [2.05, 4.69) is 20.7 Å². The first kappa shape index (κ1) is 13.1. The summed E-state index contributed by atoms with van der Waals surface area (Å²) in [5.74, 6) is 7.41. The van der Waals surface area contributed by atoms with Crippen LogP contribution in [0.5, 0.6) is 5.75 Å². The third kappa shape index (κ3) is 4.11. The van der Waals surface area contributed by atoms with Crippen LogP contribution in [0, 0.1) is 6.92 Å². The number of ether oxygens (including phenoxy) is 1. The second-order valence-electron chi connectivity index (χ2n) is 4.02. The van der Waals surface area contributed by atoms with Crippen LogP contribution in [0.4, 0.5) is 11.6 Å². The van der Waals surface area contributed by atoms with Gasteiger partial charge in [-0.2, -0.15) is 0 Å². The van der Waals surface area contributed by atoms with Gasteiger partial charge in [0, 0.05) is 6.07 Å². The zero-order valence-electron chi connectivity index (χ0n) is 10.8. The fourth-order valence-electron chi connectivity index (χ4n) is 1.59. The molecular formula is C13H17N5O. The molecule has 2 aromatic rings. The zero-order chi connectivity index (χ0) is 13.5. The lowest BCUT2D eigenvalue weighted by Gasteiger charge is -2.09. The minimum absolute atomic E-state index is 0.554. The standard InChI is InChI=1S/C13H17N5O/c1-10-3-2-4-11(7-10)19-6-5-15-12-8-13(18-14)17-9-16-12/h2-4,7-9H,5-6,14H2,1H3,(H2,15,16,17,18). The maximum atomic E-state index is 5.62. The van der Waals surface area contributed by atoms with Gasteiger partial charge in [0.25, 0.3) is 0 Å². The van der Waals surface area contributed by atoms with Gasteiger partial charge < -0.3 is 15.5 Å². The molecule has 2 rings (SSSR count). The van der Waals surface area contributed by atoms with E-state index in [9.17, 15) is 0 Å². The van der Waals surface area contributed by atoms with Gasteiger partial charge in [0.1, 0.15) is 30.3 Å². The van der Waals surface area contributed by atoms with Gasteiger partial charge in [-0.05, 0) is 24.6 Å². The highest BCUT2D eigenvalue weighted by atomic mass is 16.5. The van der Waals surface area contributed by atoms with Crippen molar-refractivity contribution in [1.82, 2.24) is 9.97 Å². The van der Waals surface area contributed by atoms with E-state index in [-0.39, 0.29) is 0 Å². The van der Waals surface area contributed by atoms with Gasteiger partial charge in [0.2, 0.25) is 0 Å². The van der Waals surface area contributed by atoms with Crippen molar-refractivity contribution in [3.8, 4) is 5.75 Å².